The van der Waals surface area contributed by atoms with E-state index in [4.69, 9.17) is 4.42 Å². The summed E-state index contributed by atoms with van der Waals surface area (Å²) in [6, 6.07) is 14.2. The maximum atomic E-state index is 5.67. The molecule has 1 aromatic heterocycles. The van der Waals surface area contributed by atoms with Gasteiger partial charge in [0.25, 0.3) is 5.22 Å². The second-order valence-electron chi connectivity index (χ2n) is 4.00. The molecule has 2 aromatic carbocycles. The van der Waals surface area contributed by atoms with Gasteiger partial charge in [0.2, 0.25) is 5.89 Å². The zero-order valence-corrected chi connectivity index (χ0v) is 11.1. The van der Waals surface area contributed by atoms with Crippen LogP contribution in [0, 0.1) is 0 Å². The maximum Gasteiger partial charge on any atom is 0.277 e. The van der Waals surface area contributed by atoms with Crippen molar-refractivity contribution in [2.75, 3.05) is 5.75 Å². The van der Waals surface area contributed by atoms with Crippen LogP contribution in [-0.4, -0.2) is 16.0 Å². The van der Waals surface area contributed by atoms with Gasteiger partial charge in [0.05, 0.1) is 0 Å². The first kappa shape index (κ1) is 12.0. The molecule has 0 aliphatic heterocycles. The van der Waals surface area contributed by atoms with Crippen molar-refractivity contribution in [1.82, 2.24) is 10.2 Å². The molecular weight excluding hydrogens is 256 g/mol. The molecular formula is C15H12N2OS. The minimum Gasteiger partial charge on any atom is -0.411 e. The van der Waals surface area contributed by atoms with Gasteiger partial charge in [-0.2, -0.15) is 0 Å². The van der Waals surface area contributed by atoms with Crippen LogP contribution in [0.4, 0.5) is 0 Å². The number of thioether (sulfide) groups is 1. The highest BCUT2D eigenvalue weighted by Gasteiger charge is 2.11. The van der Waals surface area contributed by atoms with E-state index in [0.29, 0.717) is 11.1 Å². The van der Waals surface area contributed by atoms with E-state index in [1.807, 2.05) is 30.3 Å². The average Bonchev–Trinajstić information content (AvgIpc) is 2.93. The van der Waals surface area contributed by atoms with Crippen LogP contribution >= 0.6 is 11.8 Å². The number of nitrogens with zero attached hydrogens (tertiary/aromatic N) is 2. The second kappa shape index (κ2) is 5.28. The Labute approximate surface area is 115 Å². The van der Waals surface area contributed by atoms with E-state index in [9.17, 15) is 0 Å². The summed E-state index contributed by atoms with van der Waals surface area (Å²) >= 11 is 1.48. The summed E-state index contributed by atoms with van der Waals surface area (Å²) in [5.74, 6) is 1.32. The molecule has 0 amide bonds. The van der Waals surface area contributed by atoms with Crippen molar-refractivity contribution in [2.24, 2.45) is 0 Å². The lowest BCUT2D eigenvalue weighted by Crippen LogP contribution is -1.80. The summed E-state index contributed by atoms with van der Waals surface area (Å²) in [5, 5.41) is 11.0. The molecule has 1 heterocycles. The minimum absolute atomic E-state index is 0.559. The largest absolute Gasteiger partial charge is 0.411 e. The maximum absolute atomic E-state index is 5.67. The average molecular weight is 268 g/mol. The van der Waals surface area contributed by atoms with Gasteiger partial charge in [-0.05, 0) is 16.8 Å². The third-order valence-corrected chi connectivity index (χ3v) is 3.57. The number of rotatable bonds is 4. The van der Waals surface area contributed by atoms with Crippen molar-refractivity contribution < 1.29 is 4.42 Å². The first-order valence-corrected chi connectivity index (χ1v) is 6.92. The van der Waals surface area contributed by atoms with E-state index in [-0.39, 0.29) is 0 Å². The van der Waals surface area contributed by atoms with Gasteiger partial charge in [-0.15, -0.1) is 16.8 Å². The van der Waals surface area contributed by atoms with Crippen molar-refractivity contribution in [3.8, 4) is 11.5 Å². The Morgan fingerprint density at radius 2 is 1.95 bits per heavy atom. The Morgan fingerprint density at radius 3 is 2.84 bits per heavy atom. The van der Waals surface area contributed by atoms with Crippen molar-refractivity contribution >= 4 is 22.5 Å². The Kier molecular flexibility index (Phi) is 3.33. The van der Waals surface area contributed by atoms with Crippen LogP contribution in [0.15, 0.2) is 64.8 Å². The summed E-state index contributed by atoms with van der Waals surface area (Å²) in [6.45, 7) is 3.67. The van der Waals surface area contributed by atoms with Gasteiger partial charge >= 0.3 is 0 Å². The van der Waals surface area contributed by atoms with E-state index in [1.54, 1.807) is 0 Å². The van der Waals surface area contributed by atoms with Gasteiger partial charge in [-0.25, -0.2) is 0 Å². The molecule has 94 valence electrons. The van der Waals surface area contributed by atoms with Crippen LogP contribution < -0.4 is 0 Å². The highest BCUT2D eigenvalue weighted by atomic mass is 32.2. The predicted molar refractivity (Wildman–Crippen MR) is 78.2 cm³/mol. The van der Waals surface area contributed by atoms with Crippen LogP contribution in [0.5, 0.6) is 0 Å². The zero-order chi connectivity index (χ0) is 13.1. The van der Waals surface area contributed by atoms with Gasteiger partial charge in [-0.3, -0.25) is 0 Å². The lowest BCUT2D eigenvalue weighted by Gasteiger charge is -2.01. The molecule has 0 aliphatic carbocycles. The molecule has 0 bridgehead atoms. The fraction of sp³-hybridized carbons (Fsp3) is 0.0667. The fourth-order valence-corrected chi connectivity index (χ4v) is 2.42. The fourth-order valence-electron chi connectivity index (χ4n) is 1.92. The minimum atomic E-state index is 0.559. The number of hydrogen-bond donors (Lipinski definition) is 0. The van der Waals surface area contributed by atoms with Crippen LogP contribution in [0.25, 0.3) is 22.2 Å². The molecule has 3 rings (SSSR count). The Bertz CT molecular complexity index is 715. The molecule has 0 radical (unpaired) electrons. The molecule has 4 heteroatoms. The topological polar surface area (TPSA) is 38.9 Å². The highest BCUT2D eigenvalue weighted by Crippen LogP contribution is 2.29. The number of hydrogen-bond acceptors (Lipinski definition) is 4. The van der Waals surface area contributed by atoms with Gasteiger partial charge in [-0.1, -0.05) is 54.2 Å². The summed E-state index contributed by atoms with van der Waals surface area (Å²) in [5.41, 5.74) is 0.969. The van der Waals surface area contributed by atoms with E-state index < -0.39 is 0 Å². The molecule has 3 aromatic rings. The third-order valence-electron chi connectivity index (χ3n) is 2.75. The monoisotopic (exact) mass is 268 g/mol. The van der Waals surface area contributed by atoms with Gasteiger partial charge < -0.3 is 4.42 Å². The Morgan fingerprint density at radius 1 is 1.11 bits per heavy atom. The molecule has 0 saturated heterocycles. The first-order chi connectivity index (χ1) is 9.38. The molecule has 3 nitrogen and oxygen atoms in total. The zero-order valence-electron chi connectivity index (χ0n) is 10.2. The molecule has 0 aliphatic rings. The number of fused-ring (bicyclic) bond motifs is 1. The van der Waals surface area contributed by atoms with E-state index in [1.165, 1.54) is 17.1 Å². The van der Waals surface area contributed by atoms with E-state index in [2.05, 4.69) is 35.0 Å². The summed E-state index contributed by atoms with van der Waals surface area (Å²) in [6.07, 6.45) is 1.81. The van der Waals surface area contributed by atoms with Crippen molar-refractivity contribution in [1.29, 1.82) is 0 Å². The van der Waals surface area contributed by atoms with Gasteiger partial charge in [0, 0.05) is 11.3 Å². The summed E-state index contributed by atoms with van der Waals surface area (Å²) in [4.78, 5) is 0. The summed E-state index contributed by atoms with van der Waals surface area (Å²) in [7, 11) is 0. The third kappa shape index (κ3) is 2.39. The normalized spacial score (nSPS) is 10.7. The number of aromatic nitrogens is 2. The van der Waals surface area contributed by atoms with Crippen LogP contribution in [-0.2, 0) is 0 Å². The lowest BCUT2D eigenvalue weighted by atomic mass is 10.0. The highest BCUT2D eigenvalue weighted by molar-refractivity contribution is 7.99. The molecule has 0 fully saturated rings. The predicted octanol–water partition coefficient (Wildman–Crippen LogP) is 4.17. The Hall–Kier alpha value is -2.07. The standard InChI is InChI=1S/C15H12N2OS/c1-2-10-19-15-17-16-14(18-15)13-9-5-7-11-6-3-4-8-12(11)13/h2-9H,1,10H2. The molecule has 0 unspecified atom stereocenters. The quantitative estimate of drug-likeness (QED) is 0.526. The SMILES string of the molecule is C=CCSc1nnc(-c2cccc3ccccc23)o1. The second-order valence-corrected chi connectivity index (χ2v) is 4.97. The van der Waals surface area contributed by atoms with Crippen molar-refractivity contribution in [3.63, 3.8) is 0 Å². The molecule has 0 atom stereocenters. The molecule has 19 heavy (non-hydrogen) atoms. The first-order valence-electron chi connectivity index (χ1n) is 5.94. The van der Waals surface area contributed by atoms with E-state index >= 15 is 0 Å². The molecule has 0 spiro atoms. The van der Waals surface area contributed by atoms with Gasteiger partial charge in [0.15, 0.2) is 0 Å². The molecule has 0 saturated carbocycles. The van der Waals surface area contributed by atoms with E-state index in [0.717, 1.165) is 16.7 Å². The number of benzene rings is 2. The van der Waals surface area contributed by atoms with Crippen molar-refractivity contribution in [2.45, 2.75) is 5.22 Å². The lowest BCUT2D eigenvalue weighted by molar-refractivity contribution is 0.466. The smallest absolute Gasteiger partial charge is 0.277 e. The van der Waals surface area contributed by atoms with Crippen LogP contribution in [0.2, 0.25) is 0 Å². The van der Waals surface area contributed by atoms with Gasteiger partial charge in [0.1, 0.15) is 0 Å². The summed E-state index contributed by atoms with van der Waals surface area (Å²) < 4.78 is 5.67. The molecule has 0 N–H and O–H groups in total. The Balaban J connectivity index is 2.04. The van der Waals surface area contributed by atoms with Crippen LogP contribution in [0.1, 0.15) is 0 Å². The van der Waals surface area contributed by atoms with Crippen LogP contribution in [0.3, 0.4) is 0 Å². The van der Waals surface area contributed by atoms with Crippen molar-refractivity contribution in [3.05, 3.63) is 55.1 Å².